The summed E-state index contributed by atoms with van der Waals surface area (Å²) >= 11 is 0. The first-order chi connectivity index (χ1) is 13.8. The third-order valence-corrected chi connectivity index (χ3v) is 5.49. The lowest BCUT2D eigenvalue weighted by atomic mass is 10.0. The summed E-state index contributed by atoms with van der Waals surface area (Å²) in [6.07, 6.45) is -3.29. The maximum absolute atomic E-state index is 12.8. The molecule has 1 heterocycles. The number of amides is 2. The van der Waals surface area contributed by atoms with Gasteiger partial charge < -0.3 is 15.0 Å². The number of nitrogens with one attached hydrogen (secondary N) is 1. The van der Waals surface area contributed by atoms with E-state index in [1.807, 2.05) is 6.07 Å². The summed E-state index contributed by atoms with van der Waals surface area (Å²) in [5, 5.41) is 3.06. The lowest BCUT2D eigenvalue weighted by Gasteiger charge is -2.32. The minimum Gasteiger partial charge on any atom is -0.406 e. The summed E-state index contributed by atoms with van der Waals surface area (Å²) in [4.78, 5) is 26.9. The molecule has 1 saturated carbocycles. The van der Waals surface area contributed by atoms with Gasteiger partial charge in [-0.3, -0.25) is 9.59 Å². The summed E-state index contributed by atoms with van der Waals surface area (Å²) in [6, 6.07) is 13.9. The maximum atomic E-state index is 12.8. The van der Waals surface area contributed by atoms with Gasteiger partial charge in [0.2, 0.25) is 0 Å². The van der Waals surface area contributed by atoms with E-state index in [1.165, 1.54) is 12.1 Å². The molecule has 2 amide bonds. The molecule has 5 nitrogen and oxygen atoms in total. The van der Waals surface area contributed by atoms with E-state index < -0.39 is 6.36 Å². The van der Waals surface area contributed by atoms with E-state index in [0.717, 1.165) is 18.6 Å². The van der Waals surface area contributed by atoms with Crippen molar-refractivity contribution >= 4 is 11.8 Å². The first-order valence-electron chi connectivity index (χ1n) is 9.33. The number of halogens is 3. The molecule has 2 aromatic rings. The zero-order valence-electron chi connectivity index (χ0n) is 15.4. The van der Waals surface area contributed by atoms with Crippen molar-refractivity contribution in [1.82, 2.24) is 10.2 Å². The van der Waals surface area contributed by atoms with E-state index in [4.69, 9.17) is 0 Å². The zero-order chi connectivity index (χ0) is 20.6. The van der Waals surface area contributed by atoms with Gasteiger partial charge in [-0.2, -0.15) is 0 Å². The minimum atomic E-state index is -4.77. The van der Waals surface area contributed by atoms with E-state index in [9.17, 15) is 22.8 Å². The quantitative estimate of drug-likeness (QED) is 0.847. The Kier molecular flexibility index (Phi) is 4.94. The second kappa shape index (κ2) is 7.42. The topological polar surface area (TPSA) is 58.6 Å². The van der Waals surface area contributed by atoms with Gasteiger partial charge in [0.25, 0.3) is 11.8 Å². The second-order valence-corrected chi connectivity index (χ2v) is 7.36. The largest absolute Gasteiger partial charge is 0.573 e. The fourth-order valence-electron chi connectivity index (χ4n) is 4.19. The fraction of sp³-hybridized carbons (Fsp3) is 0.333. The van der Waals surface area contributed by atoms with Crippen molar-refractivity contribution in [2.45, 2.75) is 31.3 Å². The normalized spacial score (nSPS) is 23.1. The van der Waals surface area contributed by atoms with Crippen LogP contribution in [0.3, 0.4) is 0 Å². The van der Waals surface area contributed by atoms with E-state index in [2.05, 4.69) is 10.1 Å². The Bertz CT molecular complexity index is 900. The Morgan fingerprint density at radius 1 is 0.966 bits per heavy atom. The molecule has 29 heavy (non-hydrogen) atoms. The zero-order valence-corrected chi connectivity index (χ0v) is 15.4. The van der Waals surface area contributed by atoms with Crippen LogP contribution in [0.15, 0.2) is 54.6 Å². The third kappa shape index (κ3) is 4.21. The molecule has 8 heteroatoms. The van der Waals surface area contributed by atoms with Crippen LogP contribution in [0.25, 0.3) is 0 Å². The summed E-state index contributed by atoms with van der Waals surface area (Å²) in [7, 11) is 0. The molecule has 1 saturated heterocycles. The molecule has 1 aliphatic heterocycles. The fourth-order valence-corrected chi connectivity index (χ4v) is 4.19. The Balaban J connectivity index is 1.36. The summed E-state index contributed by atoms with van der Waals surface area (Å²) < 4.78 is 40.6. The first kappa shape index (κ1) is 19.3. The molecule has 0 aromatic heterocycles. The van der Waals surface area contributed by atoms with Crippen molar-refractivity contribution in [1.29, 1.82) is 0 Å². The highest BCUT2D eigenvalue weighted by molar-refractivity contribution is 5.95. The molecule has 3 unspecified atom stereocenters. The van der Waals surface area contributed by atoms with Crippen LogP contribution in [0.4, 0.5) is 13.2 Å². The van der Waals surface area contributed by atoms with Crippen LogP contribution in [-0.2, 0) is 0 Å². The number of ether oxygens (including phenoxy) is 1. The number of piperidine rings is 1. The van der Waals surface area contributed by atoms with Crippen LogP contribution in [0.5, 0.6) is 5.75 Å². The average molecular weight is 404 g/mol. The Hall–Kier alpha value is -3.03. The predicted octanol–water partition coefficient (Wildman–Crippen LogP) is 3.62. The number of likely N-dealkylation sites (tertiary alicyclic amines) is 1. The van der Waals surface area contributed by atoms with Gasteiger partial charge in [0.05, 0.1) is 0 Å². The van der Waals surface area contributed by atoms with Crippen molar-refractivity contribution in [2.24, 2.45) is 5.92 Å². The van der Waals surface area contributed by atoms with Crippen LogP contribution in [0, 0.1) is 5.92 Å². The van der Waals surface area contributed by atoms with Gasteiger partial charge in [-0.15, -0.1) is 13.2 Å². The number of benzene rings is 2. The van der Waals surface area contributed by atoms with Gasteiger partial charge in [-0.25, -0.2) is 0 Å². The molecule has 4 rings (SSSR count). The van der Waals surface area contributed by atoms with E-state index in [1.54, 1.807) is 29.2 Å². The van der Waals surface area contributed by atoms with E-state index in [-0.39, 0.29) is 35.6 Å². The number of carbonyl (C=O) groups excluding carboxylic acids is 2. The van der Waals surface area contributed by atoms with Gasteiger partial charge >= 0.3 is 6.36 Å². The smallest absolute Gasteiger partial charge is 0.406 e. The monoisotopic (exact) mass is 404 g/mol. The van der Waals surface area contributed by atoms with E-state index in [0.29, 0.717) is 24.1 Å². The number of hydrogen-bond acceptors (Lipinski definition) is 3. The standard InChI is InChI=1S/C21H19F3N2O3/c22-21(23,24)29-17-8-6-14(7-9-17)20(28)26-12-15-10-16(26)11-18(15)25-19(27)13-4-2-1-3-5-13/h1-9,15-16,18H,10-12H2,(H,25,27). The average Bonchev–Trinajstić information content (AvgIpc) is 3.28. The molecule has 2 aromatic carbocycles. The van der Waals surface area contributed by atoms with Crippen molar-refractivity contribution in [3.63, 3.8) is 0 Å². The van der Waals surface area contributed by atoms with Crippen molar-refractivity contribution < 1.29 is 27.5 Å². The Morgan fingerprint density at radius 3 is 2.24 bits per heavy atom. The highest BCUT2D eigenvalue weighted by Gasteiger charge is 2.47. The molecule has 2 fully saturated rings. The molecule has 0 radical (unpaired) electrons. The molecule has 3 atom stereocenters. The molecular weight excluding hydrogens is 385 g/mol. The number of carbonyl (C=O) groups is 2. The number of rotatable bonds is 4. The van der Waals surface area contributed by atoms with Crippen molar-refractivity contribution in [2.75, 3.05) is 6.54 Å². The highest BCUT2D eigenvalue weighted by Crippen LogP contribution is 2.39. The number of hydrogen-bond donors (Lipinski definition) is 1. The van der Waals surface area contributed by atoms with Crippen LogP contribution in [-0.4, -0.2) is 41.7 Å². The SMILES string of the molecule is O=C(NC1CC2CC1CN2C(=O)c1ccc(OC(F)(F)F)cc1)c1ccccc1. The maximum Gasteiger partial charge on any atom is 0.573 e. The van der Waals surface area contributed by atoms with Crippen LogP contribution >= 0.6 is 0 Å². The van der Waals surface area contributed by atoms with Gasteiger partial charge in [-0.1, -0.05) is 18.2 Å². The van der Waals surface area contributed by atoms with E-state index >= 15 is 0 Å². The Morgan fingerprint density at radius 2 is 1.66 bits per heavy atom. The number of fused-ring (bicyclic) bond motifs is 2. The van der Waals surface area contributed by atoms with Crippen LogP contribution < -0.4 is 10.1 Å². The van der Waals surface area contributed by atoms with Gasteiger partial charge in [0.1, 0.15) is 5.75 Å². The molecule has 1 aliphatic carbocycles. The lowest BCUT2D eigenvalue weighted by molar-refractivity contribution is -0.274. The molecule has 2 bridgehead atoms. The van der Waals surface area contributed by atoms with Crippen LogP contribution in [0.2, 0.25) is 0 Å². The van der Waals surface area contributed by atoms with Crippen molar-refractivity contribution in [3.8, 4) is 5.75 Å². The Labute approximate surface area is 165 Å². The predicted molar refractivity (Wildman–Crippen MR) is 98.4 cm³/mol. The highest BCUT2D eigenvalue weighted by atomic mass is 19.4. The summed E-state index contributed by atoms with van der Waals surface area (Å²) in [5.74, 6) is -0.532. The molecular formula is C21H19F3N2O3. The van der Waals surface area contributed by atoms with Crippen LogP contribution in [0.1, 0.15) is 33.6 Å². The number of nitrogens with zero attached hydrogens (tertiary/aromatic N) is 1. The summed E-state index contributed by atoms with van der Waals surface area (Å²) in [5.41, 5.74) is 0.918. The third-order valence-electron chi connectivity index (χ3n) is 5.49. The second-order valence-electron chi connectivity index (χ2n) is 7.36. The lowest BCUT2D eigenvalue weighted by Crippen LogP contribution is -2.47. The molecule has 0 spiro atoms. The molecule has 2 aliphatic rings. The van der Waals surface area contributed by atoms with Crippen molar-refractivity contribution in [3.05, 3.63) is 65.7 Å². The van der Waals surface area contributed by atoms with Gasteiger partial charge in [-0.05, 0) is 55.2 Å². The summed E-state index contributed by atoms with van der Waals surface area (Å²) in [6.45, 7) is 0.518. The number of alkyl halides is 3. The minimum absolute atomic E-state index is 0.0133. The van der Waals surface area contributed by atoms with Gasteiger partial charge in [0.15, 0.2) is 0 Å². The molecule has 1 N–H and O–H groups in total. The first-order valence-corrected chi connectivity index (χ1v) is 9.33. The van der Waals surface area contributed by atoms with Gasteiger partial charge in [0, 0.05) is 29.8 Å². The molecule has 152 valence electrons.